The first kappa shape index (κ1) is 19.9. The van der Waals surface area contributed by atoms with E-state index in [4.69, 9.17) is 4.74 Å². The molecule has 1 heterocycles. The van der Waals surface area contributed by atoms with Gasteiger partial charge in [-0.25, -0.2) is 4.39 Å². The Labute approximate surface area is 164 Å². The number of piperidine rings is 1. The van der Waals surface area contributed by atoms with Crippen molar-refractivity contribution in [1.82, 2.24) is 4.90 Å². The highest BCUT2D eigenvalue weighted by Gasteiger charge is 2.29. The lowest BCUT2D eigenvalue weighted by Crippen LogP contribution is -2.41. The van der Waals surface area contributed by atoms with Gasteiger partial charge in [0.2, 0.25) is 5.91 Å². The molecule has 5 nitrogen and oxygen atoms in total. The zero-order chi connectivity index (χ0) is 20.1. The van der Waals surface area contributed by atoms with Gasteiger partial charge in [-0.3, -0.25) is 9.59 Å². The van der Waals surface area contributed by atoms with Crippen LogP contribution in [0, 0.1) is 18.7 Å². The number of benzene rings is 2. The molecule has 3 rings (SSSR count). The third-order valence-electron chi connectivity index (χ3n) is 5.03. The number of aryl methyl sites for hydroxylation is 1. The number of likely N-dealkylation sites (tertiary alicyclic amines) is 1. The Hall–Kier alpha value is -2.89. The van der Waals surface area contributed by atoms with E-state index in [9.17, 15) is 14.0 Å². The van der Waals surface area contributed by atoms with Crippen LogP contribution < -0.4 is 10.1 Å². The molecule has 1 fully saturated rings. The lowest BCUT2D eigenvalue weighted by atomic mass is 9.95. The number of hydrogen-bond acceptors (Lipinski definition) is 3. The van der Waals surface area contributed by atoms with Crippen molar-refractivity contribution in [2.24, 2.45) is 5.92 Å². The summed E-state index contributed by atoms with van der Waals surface area (Å²) in [6, 6.07) is 11.6. The normalized spacial score (nSPS) is 14.6. The van der Waals surface area contributed by atoms with Gasteiger partial charge in [0, 0.05) is 30.8 Å². The van der Waals surface area contributed by atoms with Crippen molar-refractivity contribution in [1.29, 1.82) is 0 Å². The van der Waals surface area contributed by atoms with E-state index in [1.54, 1.807) is 11.8 Å². The van der Waals surface area contributed by atoms with E-state index in [1.807, 2.05) is 31.2 Å². The maximum atomic E-state index is 13.5. The van der Waals surface area contributed by atoms with Gasteiger partial charge in [-0.05, 0) is 50.5 Å². The molecule has 1 saturated heterocycles. The first-order valence-corrected chi connectivity index (χ1v) is 9.57. The Bertz CT molecular complexity index is 861. The number of carbonyl (C=O) groups excluding carboxylic acids is 2. The van der Waals surface area contributed by atoms with Gasteiger partial charge in [0.05, 0.1) is 12.2 Å². The highest BCUT2D eigenvalue weighted by Crippen LogP contribution is 2.26. The average Bonchev–Trinajstić information content (AvgIpc) is 2.70. The highest BCUT2D eigenvalue weighted by molar-refractivity contribution is 5.97. The number of carbonyl (C=O) groups is 2. The number of nitrogens with one attached hydrogen (secondary N) is 1. The third-order valence-corrected chi connectivity index (χ3v) is 5.03. The summed E-state index contributed by atoms with van der Waals surface area (Å²) in [5.74, 6) is -0.527. The van der Waals surface area contributed by atoms with Crippen LogP contribution in [0.3, 0.4) is 0 Å². The minimum Gasteiger partial charge on any atom is -0.493 e. The van der Waals surface area contributed by atoms with Gasteiger partial charge in [-0.1, -0.05) is 18.2 Å². The van der Waals surface area contributed by atoms with Crippen molar-refractivity contribution < 1.29 is 18.7 Å². The van der Waals surface area contributed by atoms with Gasteiger partial charge in [0.15, 0.2) is 0 Å². The van der Waals surface area contributed by atoms with Gasteiger partial charge < -0.3 is 15.0 Å². The lowest BCUT2D eigenvalue weighted by Gasteiger charge is -2.31. The van der Waals surface area contributed by atoms with Crippen LogP contribution in [0.15, 0.2) is 42.5 Å². The SMILES string of the molecule is CCOc1cc(F)ccc1C(=O)N1CCC(C(=O)Nc2ccccc2C)CC1. The van der Waals surface area contributed by atoms with Crippen LogP contribution in [0.25, 0.3) is 0 Å². The molecule has 0 bridgehead atoms. The molecule has 28 heavy (non-hydrogen) atoms. The molecule has 2 aromatic rings. The van der Waals surface area contributed by atoms with Crippen LogP contribution in [0.5, 0.6) is 5.75 Å². The summed E-state index contributed by atoms with van der Waals surface area (Å²) in [6.07, 6.45) is 1.18. The minimum atomic E-state index is -0.438. The molecule has 148 valence electrons. The van der Waals surface area contributed by atoms with Crippen molar-refractivity contribution >= 4 is 17.5 Å². The Morgan fingerprint density at radius 1 is 1.18 bits per heavy atom. The summed E-state index contributed by atoms with van der Waals surface area (Å²) in [5.41, 5.74) is 2.19. The van der Waals surface area contributed by atoms with Gasteiger partial charge in [0.25, 0.3) is 5.91 Å². The molecule has 0 saturated carbocycles. The molecule has 2 amide bonds. The average molecular weight is 384 g/mol. The summed E-state index contributed by atoms with van der Waals surface area (Å²) < 4.78 is 18.9. The summed E-state index contributed by atoms with van der Waals surface area (Å²) in [5, 5.41) is 2.98. The molecule has 2 aromatic carbocycles. The van der Waals surface area contributed by atoms with E-state index in [2.05, 4.69) is 5.32 Å². The standard InChI is InChI=1S/C22H25FN2O3/c1-3-28-20-14-17(23)8-9-18(20)22(27)25-12-10-16(11-13-25)21(26)24-19-7-5-4-6-15(19)2/h4-9,14,16H,3,10-13H2,1-2H3,(H,24,26). The summed E-state index contributed by atoms with van der Waals surface area (Å²) in [7, 11) is 0. The van der Waals surface area contributed by atoms with E-state index in [0.29, 0.717) is 38.1 Å². The number of para-hydroxylation sites is 1. The fourth-order valence-electron chi connectivity index (χ4n) is 3.41. The van der Waals surface area contributed by atoms with E-state index in [0.717, 1.165) is 11.3 Å². The molecular formula is C22H25FN2O3. The molecule has 1 aliphatic rings. The van der Waals surface area contributed by atoms with E-state index < -0.39 is 5.82 Å². The zero-order valence-corrected chi connectivity index (χ0v) is 16.2. The quantitative estimate of drug-likeness (QED) is 0.847. The number of rotatable bonds is 5. The maximum Gasteiger partial charge on any atom is 0.257 e. The lowest BCUT2D eigenvalue weighted by molar-refractivity contribution is -0.121. The first-order chi connectivity index (χ1) is 13.5. The number of anilines is 1. The molecule has 0 aromatic heterocycles. The molecule has 0 aliphatic carbocycles. The number of ether oxygens (including phenoxy) is 1. The second kappa shape index (κ2) is 8.87. The Morgan fingerprint density at radius 3 is 2.57 bits per heavy atom. The second-order valence-electron chi connectivity index (χ2n) is 6.94. The van der Waals surface area contributed by atoms with Crippen molar-refractivity contribution in [3.05, 3.63) is 59.4 Å². The first-order valence-electron chi connectivity index (χ1n) is 9.57. The van der Waals surface area contributed by atoms with Gasteiger partial charge in [-0.2, -0.15) is 0 Å². The van der Waals surface area contributed by atoms with Crippen LogP contribution in [0.2, 0.25) is 0 Å². The Balaban J connectivity index is 1.61. The largest absolute Gasteiger partial charge is 0.493 e. The van der Waals surface area contributed by atoms with E-state index in [1.165, 1.54) is 18.2 Å². The molecule has 0 unspecified atom stereocenters. The zero-order valence-electron chi connectivity index (χ0n) is 16.2. The van der Waals surface area contributed by atoms with Crippen molar-refractivity contribution in [3.63, 3.8) is 0 Å². The Kier molecular flexibility index (Phi) is 6.29. The maximum absolute atomic E-state index is 13.5. The van der Waals surface area contributed by atoms with Crippen LogP contribution >= 0.6 is 0 Å². The fourth-order valence-corrected chi connectivity index (χ4v) is 3.41. The van der Waals surface area contributed by atoms with Crippen LogP contribution in [-0.4, -0.2) is 36.4 Å². The number of nitrogens with zero attached hydrogens (tertiary/aromatic N) is 1. The molecule has 0 atom stereocenters. The monoisotopic (exact) mass is 384 g/mol. The fraction of sp³-hybridized carbons (Fsp3) is 0.364. The summed E-state index contributed by atoms with van der Waals surface area (Å²) >= 11 is 0. The predicted molar refractivity (Wildman–Crippen MR) is 106 cm³/mol. The summed E-state index contributed by atoms with van der Waals surface area (Å²) in [6.45, 7) is 5.05. The van der Waals surface area contributed by atoms with E-state index >= 15 is 0 Å². The van der Waals surface area contributed by atoms with Gasteiger partial charge in [0.1, 0.15) is 11.6 Å². The number of amides is 2. The predicted octanol–water partition coefficient (Wildman–Crippen LogP) is 4.02. The van der Waals surface area contributed by atoms with Crippen molar-refractivity contribution in [2.75, 3.05) is 25.0 Å². The van der Waals surface area contributed by atoms with Gasteiger partial charge >= 0.3 is 0 Å². The molecule has 1 aliphatic heterocycles. The smallest absolute Gasteiger partial charge is 0.257 e. The highest BCUT2D eigenvalue weighted by atomic mass is 19.1. The topological polar surface area (TPSA) is 58.6 Å². The molecule has 0 radical (unpaired) electrons. The van der Waals surface area contributed by atoms with Crippen LogP contribution in [0.1, 0.15) is 35.7 Å². The molecular weight excluding hydrogens is 359 g/mol. The molecule has 1 N–H and O–H groups in total. The van der Waals surface area contributed by atoms with Crippen molar-refractivity contribution in [2.45, 2.75) is 26.7 Å². The minimum absolute atomic E-state index is 0.0156. The number of halogens is 1. The van der Waals surface area contributed by atoms with Crippen LogP contribution in [-0.2, 0) is 4.79 Å². The van der Waals surface area contributed by atoms with Crippen molar-refractivity contribution in [3.8, 4) is 5.75 Å². The van der Waals surface area contributed by atoms with E-state index in [-0.39, 0.29) is 23.5 Å². The van der Waals surface area contributed by atoms with Crippen LogP contribution in [0.4, 0.5) is 10.1 Å². The number of hydrogen-bond donors (Lipinski definition) is 1. The second-order valence-corrected chi connectivity index (χ2v) is 6.94. The third kappa shape index (κ3) is 4.50. The Morgan fingerprint density at radius 2 is 1.89 bits per heavy atom. The summed E-state index contributed by atoms with van der Waals surface area (Å²) in [4.78, 5) is 27.1. The van der Waals surface area contributed by atoms with Gasteiger partial charge in [-0.15, -0.1) is 0 Å². The molecule has 6 heteroatoms. The molecule has 0 spiro atoms.